The largest absolute Gasteiger partial charge is 0.350 e. The SMILES string of the molecule is CCC1C(=O)NC(=O)CN1c1ccc2c(c1)NC(=O)C2=O. The van der Waals surface area contributed by atoms with Gasteiger partial charge in [-0.1, -0.05) is 6.92 Å². The Labute approximate surface area is 120 Å². The van der Waals surface area contributed by atoms with E-state index in [2.05, 4.69) is 10.6 Å². The van der Waals surface area contributed by atoms with Gasteiger partial charge in [0.15, 0.2) is 0 Å². The topological polar surface area (TPSA) is 95.6 Å². The highest BCUT2D eigenvalue weighted by molar-refractivity contribution is 6.51. The van der Waals surface area contributed by atoms with Crippen molar-refractivity contribution < 1.29 is 19.2 Å². The van der Waals surface area contributed by atoms with Crippen LogP contribution in [0.1, 0.15) is 23.7 Å². The lowest BCUT2D eigenvalue weighted by atomic mass is 10.1. The lowest BCUT2D eigenvalue weighted by Gasteiger charge is -2.35. The van der Waals surface area contributed by atoms with Crippen molar-refractivity contribution in [1.29, 1.82) is 0 Å². The maximum Gasteiger partial charge on any atom is 0.296 e. The zero-order valence-corrected chi connectivity index (χ0v) is 11.3. The summed E-state index contributed by atoms with van der Waals surface area (Å²) in [4.78, 5) is 48.0. The van der Waals surface area contributed by atoms with Gasteiger partial charge in [0.25, 0.3) is 11.7 Å². The molecule has 1 unspecified atom stereocenters. The molecule has 3 amide bonds. The summed E-state index contributed by atoms with van der Waals surface area (Å²) >= 11 is 0. The van der Waals surface area contributed by atoms with E-state index in [4.69, 9.17) is 0 Å². The molecular weight excluding hydrogens is 274 g/mol. The van der Waals surface area contributed by atoms with Crippen molar-refractivity contribution in [2.75, 3.05) is 16.8 Å². The molecule has 0 bridgehead atoms. The quantitative estimate of drug-likeness (QED) is 0.592. The molecule has 0 radical (unpaired) electrons. The number of hydrogen-bond donors (Lipinski definition) is 2. The Morgan fingerprint density at radius 2 is 1.95 bits per heavy atom. The average Bonchev–Trinajstić information content (AvgIpc) is 2.73. The third-order valence-corrected chi connectivity index (χ3v) is 3.68. The summed E-state index contributed by atoms with van der Waals surface area (Å²) < 4.78 is 0. The van der Waals surface area contributed by atoms with Crippen LogP contribution in [0.5, 0.6) is 0 Å². The Hall–Kier alpha value is -2.70. The van der Waals surface area contributed by atoms with Crippen LogP contribution in [-0.2, 0) is 14.4 Å². The molecule has 2 aliphatic heterocycles. The first-order valence-corrected chi connectivity index (χ1v) is 6.61. The first-order valence-electron chi connectivity index (χ1n) is 6.61. The van der Waals surface area contributed by atoms with Crippen molar-refractivity contribution in [2.45, 2.75) is 19.4 Å². The molecule has 2 heterocycles. The minimum atomic E-state index is -0.665. The van der Waals surface area contributed by atoms with Gasteiger partial charge in [-0.25, -0.2) is 0 Å². The Morgan fingerprint density at radius 3 is 2.67 bits per heavy atom. The standard InChI is InChI=1S/C14H13N3O4/c1-2-10-13(20)16-11(18)6-17(10)7-3-4-8-9(5-7)15-14(21)12(8)19/h3-5,10H,2,6H2,1H3,(H,15,19,21)(H,16,18,20). The van der Waals surface area contributed by atoms with E-state index >= 15 is 0 Å². The van der Waals surface area contributed by atoms with Gasteiger partial charge in [-0.2, -0.15) is 0 Å². The molecule has 1 saturated heterocycles. The molecule has 0 saturated carbocycles. The van der Waals surface area contributed by atoms with E-state index in [1.165, 1.54) is 6.07 Å². The van der Waals surface area contributed by atoms with Crippen molar-refractivity contribution in [3.63, 3.8) is 0 Å². The Morgan fingerprint density at radius 1 is 1.19 bits per heavy atom. The van der Waals surface area contributed by atoms with Gasteiger partial charge in [-0.3, -0.25) is 24.5 Å². The Bertz CT molecular complexity index is 683. The van der Waals surface area contributed by atoms with E-state index in [0.29, 0.717) is 23.4 Å². The van der Waals surface area contributed by atoms with E-state index in [1.54, 1.807) is 17.0 Å². The van der Waals surface area contributed by atoms with Gasteiger partial charge in [0.05, 0.1) is 17.8 Å². The number of fused-ring (bicyclic) bond motifs is 1. The molecule has 0 aromatic heterocycles. The van der Waals surface area contributed by atoms with Crippen molar-refractivity contribution in [1.82, 2.24) is 5.32 Å². The van der Waals surface area contributed by atoms with Gasteiger partial charge >= 0.3 is 0 Å². The minimum Gasteiger partial charge on any atom is -0.350 e. The minimum absolute atomic E-state index is 0.0604. The van der Waals surface area contributed by atoms with Crippen LogP contribution < -0.4 is 15.5 Å². The monoisotopic (exact) mass is 287 g/mol. The highest BCUT2D eigenvalue weighted by atomic mass is 16.2. The van der Waals surface area contributed by atoms with Crippen molar-refractivity contribution >= 4 is 34.9 Å². The van der Waals surface area contributed by atoms with Crippen LogP contribution in [-0.4, -0.2) is 36.1 Å². The number of nitrogens with zero attached hydrogens (tertiary/aromatic N) is 1. The average molecular weight is 287 g/mol. The first kappa shape index (κ1) is 13.3. The molecule has 2 N–H and O–H groups in total. The number of carbonyl (C=O) groups excluding carboxylic acids is 4. The van der Waals surface area contributed by atoms with Gasteiger partial charge in [-0.05, 0) is 24.6 Å². The Balaban J connectivity index is 1.98. The fourth-order valence-electron chi connectivity index (χ4n) is 2.66. The predicted molar refractivity (Wildman–Crippen MR) is 74.0 cm³/mol. The second kappa shape index (κ2) is 4.69. The van der Waals surface area contributed by atoms with Gasteiger partial charge in [-0.15, -0.1) is 0 Å². The zero-order valence-electron chi connectivity index (χ0n) is 11.3. The zero-order chi connectivity index (χ0) is 15.1. The molecule has 2 aliphatic rings. The summed E-state index contributed by atoms with van der Waals surface area (Å²) in [6.07, 6.45) is 0.543. The molecule has 0 spiro atoms. The summed E-state index contributed by atoms with van der Waals surface area (Å²) in [6, 6.07) is 4.35. The second-order valence-corrected chi connectivity index (χ2v) is 4.98. The molecule has 108 valence electrons. The second-order valence-electron chi connectivity index (χ2n) is 4.98. The number of nitrogens with one attached hydrogen (secondary N) is 2. The van der Waals surface area contributed by atoms with E-state index in [9.17, 15) is 19.2 Å². The first-order chi connectivity index (χ1) is 10.0. The number of hydrogen-bond acceptors (Lipinski definition) is 5. The number of rotatable bonds is 2. The normalized spacial score (nSPS) is 21.2. The van der Waals surface area contributed by atoms with E-state index in [0.717, 1.165) is 0 Å². The molecule has 0 aliphatic carbocycles. The molecule has 1 atom stereocenters. The number of ketones is 1. The smallest absolute Gasteiger partial charge is 0.296 e. The maximum atomic E-state index is 11.9. The molecule has 21 heavy (non-hydrogen) atoms. The van der Waals surface area contributed by atoms with Crippen molar-refractivity contribution in [3.8, 4) is 0 Å². The number of anilines is 2. The van der Waals surface area contributed by atoms with Gasteiger partial charge < -0.3 is 10.2 Å². The summed E-state index contributed by atoms with van der Waals surface area (Å²) in [7, 11) is 0. The third kappa shape index (κ3) is 2.06. The fraction of sp³-hybridized carbons (Fsp3) is 0.286. The molecule has 1 aromatic rings. The van der Waals surface area contributed by atoms with E-state index < -0.39 is 17.7 Å². The molecular formula is C14H13N3O4. The summed E-state index contributed by atoms with van der Waals surface area (Å²) in [5, 5.41) is 4.78. The van der Waals surface area contributed by atoms with E-state index in [-0.39, 0.29) is 18.4 Å². The van der Waals surface area contributed by atoms with E-state index in [1.807, 2.05) is 6.92 Å². The van der Waals surface area contributed by atoms with Crippen LogP contribution in [0.15, 0.2) is 18.2 Å². The highest BCUT2D eigenvalue weighted by Crippen LogP contribution is 2.30. The van der Waals surface area contributed by atoms with Gasteiger partial charge in [0.1, 0.15) is 6.04 Å². The van der Waals surface area contributed by atoms with Crippen molar-refractivity contribution in [2.24, 2.45) is 0 Å². The number of amides is 3. The maximum absolute atomic E-state index is 11.9. The van der Waals surface area contributed by atoms with Gasteiger partial charge in [0, 0.05) is 5.69 Å². The number of Topliss-reactive ketones (excluding diaryl/α,β-unsaturated/α-hetero) is 1. The van der Waals surface area contributed by atoms with Crippen LogP contribution in [0.25, 0.3) is 0 Å². The van der Waals surface area contributed by atoms with Crippen LogP contribution in [0.4, 0.5) is 11.4 Å². The van der Waals surface area contributed by atoms with Crippen LogP contribution >= 0.6 is 0 Å². The highest BCUT2D eigenvalue weighted by Gasteiger charge is 2.34. The molecule has 3 rings (SSSR count). The number of imide groups is 1. The molecule has 1 fully saturated rings. The number of piperazine rings is 1. The summed E-state index contributed by atoms with van der Waals surface area (Å²) in [5.41, 5.74) is 1.35. The number of carbonyl (C=O) groups is 4. The van der Waals surface area contributed by atoms with Gasteiger partial charge in [0.2, 0.25) is 11.8 Å². The summed E-state index contributed by atoms with van der Waals surface area (Å²) in [5.74, 6) is -1.95. The lowest BCUT2D eigenvalue weighted by Crippen LogP contribution is -2.58. The summed E-state index contributed by atoms with van der Waals surface area (Å²) in [6.45, 7) is 1.91. The molecule has 1 aromatic carbocycles. The van der Waals surface area contributed by atoms with Crippen molar-refractivity contribution in [3.05, 3.63) is 23.8 Å². The lowest BCUT2D eigenvalue weighted by molar-refractivity contribution is -0.133. The fourth-order valence-corrected chi connectivity index (χ4v) is 2.66. The van der Waals surface area contributed by atoms with Crippen LogP contribution in [0, 0.1) is 0 Å². The van der Waals surface area contributed by atoms with Crippen LogP contribution in [0.2, 0.25) is 0 Å². The Kier molecular flexibility index (Phi) is 2.97. The molecule has 7 heteroatoms. The predicted octanol–water partition coefficient (Wildman–Crippen LogP) is 0.0628. The molecule has 7 nitrogen and oxygen atoms in total. The number of benzene rings is 1. The van der Waals surface area contributed by atoms with Crippen LogP contribution in [0.3, 0.4) is 0 Å². The third-order valence-electron chi connectivity index (χ3n) is 3.68.